The SMILES string of the molecule is O=C(CN1CCC[C@H]1c1ccc2c(c1)OCCO2)Nc1cccc(S(=O)(=O)N2CCCC2)c1. The third-order valence-corrected chi connectivity index (χ3v) is 8.38. The first-order valence-electron chi connectivity index (χ1n) is 11.5. The number of carbonyl (C=O) groups is 1. The molecule has 2 aromatic rings. The zero-order chi connectivity index (χ0) is 22.8. The minimum Gasteiger partial charge on any atom is -0.486 e. The third-order valence-electron chi connectivity index (χ3n) is 6.48. The number of nitrogens with zero attached hydrogens (tertiary/aromatic N) is 2. The minimum absolute atomic E-state index is 0.133. The Labute approximate surface area is 194 Å². The molecule has 2 fully saturated rings. The van der Waals surface area contributed by atoms with Gasteiger partial charge in [0.25, 0.3) is 0 Å². The number of anilines is 1. The van der Waals surface area contributed by atoms with E-state index >= 15 is 0 Å². The Morgan fingerprint density at radius 3 is 2.58 bits per heavy atom. The Balaban J connectivity index is 1.25. The average molecular weight is 472 g/mol. The maximum atomic E-state index is 12.8. The molecule has 0 aliphatic carbocycles. The predicted molar refractivity (Wildman–Crippen MR) is 124 cm³/mol. The van der Waals surface area contributed by atoms with E-state index in [2.05, 4.69) is 10.2 Å². The topological polar surface area (TPSA) is 88.2 Å². The molecule has 1 N–H and O–H groups in total. The van der Waals surface area contributed by atoms with Crippen LogP contribution in [0.5, 0.6) is 11.5 Å². The van der Waals surface area contributed by atoms with Gasteiger partial charge in [0.2, 0.25) is 15.9 Å². The van der Waals surface area contributed by atoms with Crippen molar-refractivity contribution in [3.05, 3.63) is 48.0 Å². The van der Waals surface area contributed by atoms with Crippen molar-refractivity contribution in [2.24, 2.45) is 0 Å². The number of carbonyl (C=O) groups excluding carboxylic acids is 1. The highest BCUT2D eigenvalue weighted by Gasteiger charge is 2.30. The van der Waals surface area contributed by atoms with Crippen LogP contribution in [-0.4, -0.2) is 62.9 Å². The van der Waals surface area contributed by atoms with Crippen LogP contribution in [0.15, 0.2) is 47.4 Å². The molecule has 0 unspecified atom stereocenters. The van der Waals surface area contributed by atoms with E-state index in [0.29, 0.717) is 32.0 Å². The fourth-order valence-electron chi connectivity index (χ4n) is 4.86. The maximum absolute atomic E-state index is 12.8. The van der Waals surface area contributed by atoms with E-state index in [4.69, 9.17) is 9.47 Å². The minimum atomic E-state index is -3.52. The van der Waals surface area contributed by atoms with Crippen LogP contribution in [-0.2, 0) is 14.8 Å². The van der Waals surface area contributed by atoms with Gasteiger partial charge < -0.3 is 14.8 Å². The molecule has 3 aliphatic rings. The fourth-order valence-corrected chi connectivity index (χ4v) is 6.42. The van der Waals surface area contributed by atoms with E-state index in [0.717, 1.165) is 49.3 Å². The molecule has 2 saturated heterocycles. The molecule has 0 spiro atoms. The normalized spacial score (nSPS) is 21.3. The number of sulfonamides is 1. The van der Waals surface area contributed by atoms with Gasteiger partial charge in [0.05, 0.1) is 11.4 Å². The third kappa shape index (κ3) is 4.71. The molecule has 0 radical (unpaired) electrons. The van der Waals surface area contributed by atoms with Crippen molar-refractivity contribution in [1.82, 2.24) is 9.21 Å². The first-order valence-corrected chi connectivity index (χ1v) is 13.0. The number of likely N-dealkylation sites (tertiary alicyclic amines) is 1. The molecule has 1 atom stereocenters. The lowest BCUT2D eigenvalue weighted by Crippen LogP contribution is -2.33. The standard InChI is InChI=1S/C24H29N3O5S/c28-24(25-19-5-3-6-20(16-19)33(29,30)27-11-1-2-12-27)17-26-10-4-7-21(26)18-8-9-22-23(15-18)32-14-13-31-22/h3,5-6,8-9,15-16,21H,1-2,4,7,10-14,17H2,(H,25,28)/t21-/m0/s1. The van der Waals surface area contributed by atoms with E-state index in [-0.39, 0.29) is 23.4 Å². The lowest BCUT2D eigenvalue weighted by molar-refractivity contribution is -0.117. The van der Waals surface area contributed by atoms with Crippen LogP contribution >= 0.6 is 0 Å². The van der Waals surface area contributed by atoms with Crippen LogP contribution in [0, 0.1) is 0 Å². The van der Waals surface area contributed by atoms with Crippen LogP contribution in [0.3, 0.4) is 0 Å². The van der Waals surface area contributed by atoms with Gasteiger partial charge in [0.15, 0.2) is 11.5 Å². The lowest BCUT2D eigenvalue weighted by atomic mass is 10.0. The van der Waals surface area contributed by atoms with Gasteiger partial charge in [-0.05, 0) is 68.1 Å². The summed E-state index contributed by atoms with van der Waals surface area (Å²) in [6, 6.07) is 12.7. The first-order chi connectivity index (χ1) is 16.0. The summed E-state index contributed by atoms with van der Waals surface area (Å²) in [6.45, 7) is 3.27. The van der Waals surface area contributed by atoms with E-state index in [1.54, 1.807) is 24.3 Å². The van der Waals surface area contributed by atoms with Crippen LogP contribution in [0.1, 0.15) is 37.3 Å². The van der Waals surface area contributed by atoms with Gasteiger partial charge in [-0.2, -0.15) is 4.31 Å². The number of ether oxygens (including phenoxy) is 2. The number of rotatable bonds is 6. The lowest BCUT2D eigenvalue weighted by Gasteiger charge is -2.26. The van der Waals surface area contributed by atoms with Crippen molar-refractivity contribution in [1.29, 1.82) is 0 Å². The fraction of sp³-hybridized carbons (Fsp3) is 0.458. The van der Waals surface area contributed by atoms with Crippen molar-refractivity contribution in [3.8, 4) is 11.5 Å². The number of hydrogen-bond donors (Lipinski definition) is 1. The summed E-state index contributed by atoms with van der Waals surface area (Å²) in [5, 5.41) is 2.89. The van der Waals surface area contributed by atoms with E-state index in [9.17, 15) is 13.2 Å². The van der Waals surface area contributed by atoms with Crippen molar-refractivity contribution in [3.63, 3.8) is 0 Å². The molecule has 1 amide bonds. The molecule has 3 heterocycles. The summed E-state index contributed by atoms with van der Waals surface area (Å²) in [6.07, 6.45) is 3.75. The molecular formula is C24H29N3O5S. The van der Waals surface area contributed by atoms with Crippen LogP contribution < -0.4 is 14.8 Å². The van der Waals surface area contributed by atoms with Gasteiger partial charge in [0.1, 0.15) is 13.2 Å². The number of amides is 1. The highest BCUT2D eigenvalue weighted by atomic mass is 32.2. The van der Waals surface area contributed by atoms with Gasteiger partial charge in [-0.25, -0.2) is 8.42 Å². The zero-order valence-electron chi connectivity index (χ0n) is 18.5. The molecule has 9 heteroatoms. The summed E-state index contributed by atoms with van der Waals surface area (Å²) in [7, 11) is -3.52. The molecule has 2 aromatic carbocycles. The predicted octanol–water partition coefficient (Wildman–Crippen LogP) is 3.02. The second-order valence-electron chi connectivity index (χ2n) is 8.72. The second kappa shape index (κ2) is 9.32. The first kappa shape index (κ1) is 22.2. The van der Waals surface area contributed by atoms with Gasteiger partial charge in [-0.15, -0.1) is 0 Å². The Kier molecular flexibility index (Phi) is 6.27. The molecule has 33 heavy (non-hydrogen) atoms. The quantitative estimate of drug-likeness (QED) is 0.697. The highest BCUT2D eigenvalue weighted by molar-refractivity contribution is 7.89. The van der Waals surface area contributed by atoms with E-state index < -0.39 is 10.0 Å². The molecule has 8 nitrogen and oxygen atoms in total. The summed E-state index contributed by atoms with van der Waals surface area (Å²) in [5.74, 6) is 1.36. The second-order valence-corrected chi connectivity index (χ2v) is 10.7. The van der Waals surface area contributed by atoms with E-state index in [1.165, 1.54) is 4.31 Å². The summed E-state index contributed by atoms with van der Waals surface area (Å²) in [5.41, 5.74) is 1.61. The van der Waals surface area contributed by atoms with Gasteiger partial charge in [-0.3, -0.25) is 9.69 Å². The Morgan fingerprint density at radius 2 is 1.76 bits per heavy atom. The molecule has 0 bridgehead atoms. The van der Waals surface area contributed by atoms with Crippen LogP contribution in [0.25, 0.3) is 0 Å². The van der Waals surface area contributed by atoms with Crippen LogP contribution in [0.4, 0.5) is 5.69 Å². The van der Waals surface area contributed by atoms with Crippen molar-refractivity contribution < 1.29 is 22.7 Å². The van der Waals surface area contributed by atoms with Crippen molar-refractivity contribution in [2.75, 3.05) is 44.7 Å². The number of fused-ring (bicyclic) bond motifs is 1. The molecule has 0 saturated carbocycles. The van der Waals surface area contributed by atoms with Crippen LogP contribution in [0.2, 0.25) is 0 Å². The molecule has 3 aliphatic heterocycles. The Morgan fingerprint density at radius 1 is 0.970 bits per heavy atom. The summed E-state index contributed by atoms with van der Waals surface area (Å²) in [4.78, 5) is 15.2. The molecule has 176 valence electrons. The zero-order valence-corrected chi connectivity index (χ0v) is 19.4. The summed E-state index contributed by atoms with van der Waals surface area (Å²) >= 11 is 0. The maximum Gasteiger partial charge on any atom is 0.243 e. The Bertz CT molecular complexity index is 1130. The van der Waals surface area contributed by atoms with E-state index in [1.807, 2.05) is 18.2 Å². The number of benzene rings is 2. The van der Waals surface area contributed by atoms with Gasteiger partial charge in [0, 0.05) is 24.8 Å². The summed E-state index contributed by atoms with van der Waals surface area (Å²) < 4.78 is 38.5. The monoisotopic (exact) mass is 471 g/mol. The highest BCUT2D eigenvalue weighted by Crippen LogP contribution is 2.38. The van der Waals surface area contributed by atoms with Crippen molar-refractivity contribution in [2.45, 2.75) is 36.6 Å². The number of hydrogen-bond acceptors (Lipinski definition) is 6. The van der Waals surface area contributed by atoms with Crippen molar-refractivity contribution >= 4 is 21.6 Å². The van der Waals surface area contributed by atoms with Gasteiger partial charge >= 0.3 is 0 Å². The molecule has 0 aromatic heterocycles. The Hall–Kier alpha value is -2.62. The molecule has 5 rings (SSSR count). The molecular weight excluding hydrogens is 442 g/mol. The largest absolute Gasteiger partial charge is 0.486 e. The van der Waals surface area contributed by atoms with Gasteiger partial charge in [-0.1, -0.05) is 12.1 Å². The number of nitrogens with one attached hydrogen (secondary N) is 1. The average Bonchev–Trinajstić information content (AvgIpc) is 3.52. The smallest absolute Gasteiger partial charge is 0.243 e.